The summed E-state index contributed by atoms with van der Waals surface area (Å²) in [5.74, 6) is 0.399. The standard InChI is InChI=1S/C16H24N2O.2ClH/c1-12(2)10-15(18-8-6-17-7-9-18)14-11-13(3)4-5-16(14)19;;/h4-5,11,15,17,19H,1,6-10H2,2-3H3;2*1H/t15-;;/m1../s1. The van der Waals surface area contributed by atoms with Crippen LogP contribution in [0.2, 0.25) is 0 Å². The van der Waals surface area contributed by atoms with Crippen molar-refractivity contribution < 1.29 is 5.11 Å². The van der Waals surface area contributed by atoms with Gasteiger partial charge in [-0.2, -0.15) is 0 Å². The molecule has 1 aromatic carbocycles. The van der Waals surface area contributed by atoms with Crippen molar-refractivity contribution in [3.05, 3.63) is 41.5 Å². The lowest BCUT2D eigenvalue weighted by molar-refractivity contribution is 0.170. The lowest BCUT2D eigenvalue weighted by Gasteiger charge is -2.35. The van der Waals surface area contributed by atoms with Gasteiger partial charge in [-0.1, -0.05) is 23.3 Å². The van der Waals surface area contributed by atoms with E-state index in [-0.39, 0.29) is 30.9 Å². The van der Waals surface area contributed by atoms with Crippen LogP contribution in [0.25, 0.3) is 0 Å². The molecule has 1 heterocycles. The third-order valence-corrected chi connectivity index (χ3v) is 3.68. The Balaban J connectivity index is 0.00000200. The van der Waals surface area contributed by atoms with E-state index in [0.717, 1.165) is 43.7 Å². The number of phenols is 1. The fourth-order valence-electron chi connectivity index (χ4n) is 2.70. The monoisotopic (exact) mass is 332 g/mol. The average molecular weight is 333 g/mol. The molecular weight excluding hydrogens is 307 g/mol. The van der Waals surface area contributed by atoms with Crippen LogP contribution in [0.1, 0.15) is 30.5 Å². The largest absolute Gasteiger partial charge is 0.508 e. The molecule has 0 unspecified atom stereocenters. The summed E-state index contributed by atoms with van der Waals surface area (Å²) in [5.41, 5.74) is 3.38. The van der Waals surface area contributed by atoms with E-state index in [2.05, 4.69) is 36.7 Å². The first-order valence-electron chi connectivity index (χ1n) is 6.96. The summed E-state index contributed by atoms with van der Waals surface area (Å²) in [7, 11) is 0. The number of benzene rings is 1. The molecule has 5 heteroatoms. The summed E-state index contributed by atoms with van der Waals surface area (Å²) in [6.07, 6.45) is 0.900. The minimum atomic E-state index is 0. The van der Waals surface area contributed by atoms with Gasteiger partial charge in [0.2, 0.25) is 0 Å². The van der Waals surface area contributed by atoms with E-state index in [4.69, 9.17) is 0 Å². The molecule has 1 fully saturated rings. The maximum atomic E-state index is 10.2. The predicted octanol–water partition coefficient (Wildman–Crippen LogP) is 3.46. The first-order chi connectivity index (χ1) is 9.08. The SMILES string of the molecule is C=C(C)C[C@H](c1cc(C)ccc1O)N1CCNCC1.Cl.Cl. The summed E-state index contributed by atoms with van der Waals surface area (Å²) in [5, 5.41) is 13.6. The van der Waals surface area contributed by atoms with Crippen molar-refractivity contribution >= 4 is 24.8 Å². The average Bonchev–Trinajstić information content (AvgIpc) is 2.40. The fraction of sp³-hybridized carbons (Fsp3) is 0.500. The molecule has 1 saturated heterocycles. The second-order valence-electron chi connectivity index (χ2n) is 5.53. The van der Waals surface area contributed by atoms with Crippen LogP contribution in [0.4, 0.5) is 0 Å². The number of hydrogen-bond acceptors (Lipinski definition) is 3. The Labute approximate surface area is 140 Å². The molecule has 0 spiro atoms. The molecule has 2 rings (SSSR count). The lowest BCUT2D eigenvalue weighted by atomic mass is 9.95. The molecule has 0 aliphatic carbocycles. The zero-order chi connectivity index (χ0) is 13.8. The summed E-state index contributed by atoms with van der Waals surface area (Å²) < 4.78 is 0. The van der Waals surface area contributed by atoms with E-state index >= 15 is 0 Å². The fourth-order valence-corrected chi connectivity index (χ4v) is 2.70. The number of phenolic OH excluding ortho intramolecular Hbond substituents is 1. The third kappa shape index (κ3) is 5.51. The van der Waals surface area contributed by atoms with Gasteiger partial charge in [0.1, 0.15) is 5.75 Å². The zero-order valence-electron chi connectivity index (χ0n) is 12.8. The van der Waals surface area contributed by atoms with Crippen LogP contribution in [0, 0.1) is 6.92 Å². The number of halogens is 2. The van der Waals surface area contributed by atoms with Gasteiger partial charge >= 0.3 is 0 Å². The van der Waals surface area contributed by atoms with Crippen molar-refractivity contribution in [1.82, 2.24) is 10.2 Å². The van der Waals surface area contributed by atoms with E-state index in [9.17, 15) is 5.11 Å². The molecule has 1 aromatic rings. The van der Waals surface area contributed by atoms with Crippen LogP contribution in [-0.2, 0) is 0 Å². The summed E-state index contributed by atoms with van der Waals surface area (Å²) >= 11 is 0. The highest BCUT2D eigenvalue weighted by Crippen LogP contribution is 2.33. The quantitative estimate of drug-likeness (QED) is 0.829. The van der Waals surface area contributed by atoms with Gasteiger partial charge in [-0.25, -0.2) is 0 Å². The van der Waals surface area contributed by atoms with Gasteiger partial charge in [-0.05, 0) is 26.3 Å². The first-order valence-corrected chi connectivity index (χ1v) is 6.96. The van der Waals surface area contributed by atoms with E-state index < -0.39 is 0 Å². The van der Waals surface area contributed by atoms with E-state index in [1.54, 1.807) is 6.07 Å². The number of hydrogen-bond donors (Lipinski definition) is 2. The molecule has 2 N–H and O–H groups in total. The van der Waals surface area contributed by atoms with Gasteiger partial charge in [0, 0.05) is 37.8 Å². The topological polar surface area (TPSA) is 35.5 Å². The molecule has 0 aromatic heterocycles. The zero-order valence-corrected chi connectivity index (χ0v) is 14.4. The summed E-state index contributed by atoms with van der Waals surface area (Å²) in [4.78, 5) is 2.44. The molecule has 0 saturated carbocycles. The summed E-state index contributed by atoms with van der Waals surface area (Å²) in [6, 6.07) is 6.09. The first kappa shape index (κ1) is 20.3. The van der Waals surface area contributed by atoms with Crippen molar-refractivity contribution in [2.75, 3.05) is 26.2 Å². The van der Waals surface area contributed by atoms with Crippen LogP contribution in [0.5, 0.6) is 5.75 Å². The molecule has 0 bridgehead atoms. The molecule has 1 atom stereocenters. The van der Waals surface area contributed by atoms with Gasteiger partial charge in [0.15, 0.2) is 0 Å². The Morgan fingerprint density at radius 1 is 1.33 bits per heavy atom. The van der Waals surface area contributed by atoms with Crippen molar-refractivity contribution in [2.45, 2.75) is 26.3 Å². The molecule has 120 valence electrons. The summed E-state index contributed by atoms with van der Waals surface area (Å²) in [6.45, 7) is 12.2. The third-order valence-electron chi connectivity index (χ3n) is 3.68. The van der Waals surface area contributed by atoms with Gasteiger partial charge in [0.25, 0.3) is 0 Å². The highest BCUT2D eigenvalue weighted by molar-refractivity contribution is 5.85. The predicted molar refractivity (Wildman–Crippen MR) is 94.0 cm³/mol. The van der Waals surface area contributed by atoms with Crippen molar-refractivity contribution in [3.8, 4) is 5.75 Å². The van der Waals surface area contributed by atoms with Crippen molar-refractivity contribution in [1.29, 1.82) is 0 Å². The maximum Gasteiger partial charge on any atom is 0.120 e. The van der Waals surface area contributed by atoms with Gasteiger partial charge in [-0.3, -0.25) is 4.90 Å². The van der Waals surface area contributed by atoms with E-state index in [0.29, 0.717) is 5.75 Å². The van der Waals surface area contributed by atoms with Gasteiger partial charge in [0.05, 0.1) is 0 Å². The number of nitrogens with zero attached hydrogens (tertiary/aromatic N) is 1. The van der Waals surface area contributed by atoms with Crippen LogP contribution < -0.4 is 5.32 Å². The highest BCUT2D eigenvalue weighted by atomic mass is 35.5. The number of aryl methyl sites for hydroxylation is 1. The molecular formula is C16H26Cl2N2O. The maximum absolute atomic E-state index is 10.2. The Bertz CT molecular complexity index is 460. The number of piperazine rings is 1. The molecule has 0 amide bonds. The van der Waals surface area contributed by atoms with Crippen molar-refractivity contribution in [3.63, 3.8) is 0 Å². The second kappa shape index (κ2) is 9.31. The number of rotatable bonds is 4. The number of aromatic hydroxyl groups is 1. The molecule has 21 heavy (non-hydrogen) atoms. The molecule has 1 aliphatic heterocycles. The van der Waals surface area contributed by atoms with E-state index in [1.165, 1.54) is 5.56 Å². The normalized spacial score (nSPS) is 16.5. The van der Waals surface area contributed by atoms with Crippen LogP contribution in [0.15, 0.2) is 30.4 Å². The molecule has 0 radical (unpaired) electrons. The van der Waals surface area contributed by atoms with Gasteiger partial charge < -0.3 is 10.4 Å². The number of nitrogens with one attached hydrogen (secondary N) is 1. The van der Waals surface area contributed by atoms with E-state index in [1.807, 2.05) is 6.07 Å². The second-order valence-corrected chi connectivity index (χ2v) is 5.53. The smallest absolute Gasteiger partial charge is 0.120 e. The van der Waals surface area contributed by atoms with Crippen LogP contribution in [0.3, 0.4) is 0 Å². The van der Waals surface area contributed by atoms with Crippen LogP contribution >= 0.6 is 24.8 Å². The minimum Gasteiger partial charge on any atom is -0.508 e. The molecule has 3 nitrogen and oxygen atoms in total. The van der Waals surface area contributed by atoms with Crippen molar-refractivity contribution in [2.24, 2.45) is 0 Å². The Morgan fingerprint density at radius 2 is 1.95 bits per heavy atom. The Morgan fingerprint density at radius 3 is 2.52 bits per heavy atom. The molecule has 1 aliphatic rings. The Hall–Kier alpha value is -0.740. The lowest BCUT2D eigenvalue weighted by Crippen LogP contribution is -2.45. The van der Waals surface area contributed by atoms with Crippen LogP contribution in [-0.4, -0.2) is 36.2 Å². The minimum absolute atomic E-state index is 0. The highest BCUT2D eigenvalue weighted by Gasteiger charge is 2.24. The van der Waals surface area contributed by atoms with Gasteiger partial charge in [-0.15, -0.1) is 31.4 Å². The Kier molecular flexibility index (Phi) is 8.98.